The Bertz CT molecular complexity index is 935. The van der Waals surface area contributed by atoms with Crippen LogP contribution in [-0.2, 0) is 15.7 Å². The highest BCUT2D eigenvalue weighted by Crippen LogP contribution is 2.53. The Labute approximate surface area is 190 Å². The highest BCUT2D eigenvalue weighted by atomic mass is 19.4. The zero-order valence-corrected chi connectivity index (χ0v) is 19.3. The Hall–Kier alpha value is -2.59. The number of nitrogens with zero attached hydrogens (tertiary/aromatic N) is 4. The standard InChI is InChI=1S/C22H30F3N5O3/c1-13-15-12-29(18-26-8-6-16(28-18)22(23,24)25)9-10-30(15)17(31)21(13)7-5-14(11-21)27-19(32)33-20(2,3)4/h6,8,13-15H,5,7,9-12H2,1-4H3,(H,27,32)/t13?,14?,15?,21-/m0/s1. The molecule has 11 heteroatoms. The van der Waals surface area contributed by atoms with Crippen molar-refractivity contribution in [1.29, 1.82) is 0 Å². The number of aromatic nitrogens is 2. The first kappa shape index (κ1) is 23.6. The summed E-state index contributed by atoms with van der Waals surface area (Å²) in [6.45, 7) is 8.55. The first-order valence-corrected chi connectivity index (χ1v) is 11.3. The molecule has 3 fully saturated rings. The van der Waals surface area contributed by atoms with Gasteiger partial charge in [0, 0.05) is 31.9 Å². The maximum atomic E-state index is 13.4. The van der Waals surface area contributed by atoms with Crippen LogP contribution < -0.4 is 10.2 Å². The zero-order valence-electron chi connectivity index (χ0n) is 19.3. The van der Waals surface area contributed by atoms with Gasteiger partial charge >= 0.3 is 12.3 Å². The quantitative estimate of drug-likeness (QED) is 0.716. The van der Waals surface area contributed by atoms with E-state index in [1.165, 1.54) is 0 Å². The second-order valence-corrected chi connectivity index (χ2v) is 10.3. The fourth-order valence-corrected chi connectivity index (χ4v) is 5.46. The Morgan fingerprint density at radius 3 is 2.67 bits per heavy atom. The summed E-state index contributed by atoms with van der Waals surface area (Å²) in [4.78, 5) is 37.0. The normalized spacial score (nSPS) is 30.0. The molecular formula is C22H30F3N5O3. The van der Waals surface area contributed by atoms with Crippen molar-refractivity contribution in [1.82, 2.24) is 20.2 Å². The number of halogens is 3. The SMILES string of the molecule is CC1C2CN(c3nccc(C(F)(F)F)n3)CCN2C(=O)[C@]12CCC(NC(=O)OC(C)(C)C)C2. The summed E-state index contributed by atoms with van der Waals surface area (Å²) in [7, 11) is 0. The molecule has 8 nitrogen and oxygen atoms in total. The van der Waals surface area contributed by atoms with Crippen molar-refractivity contribution < 1.29 is 27.5 Å². The molecule has 1 saturated carbocycles. The van der Waals surface area contributed by atoms with Crippen LogP contribution >= 0.6 is 0 Å². The van der Waals surface area contributed by atoms with Gasteiger partial charge in [-0.1, -0.05) is 6.92 Å². The number of amides is 2. The van der Waals surface area contributed by atoms with Crippen molar-refractivity contribution >= 4 is 17.9 Å². The number of carbonyl (C=O) groups is 2. The van der Waals surface area contributed by atoms with Crippen LogP contribution in [0.4, 0.5) is 23.9 Å². The number of anilines is 1. The van der Waals surface area contributed by atoms with Crippen LogP contribution in [0.25, 0.3) is 0 Å². The summed E-state index contributed by atoms with van der Waals surface area (Å²) in [5.41, 5.74) is -2.17. The maximum Gasteiger partial charge on any atom is 0.433 e. The van der Waals surface area contributed by atoms with Crippen molar-refractivity contribution in [3.8, 4) is 0 Å². The Morgan fingerprint density at radius 2 is 2.00 bits per heavy atom. The molecule has 33 heavy (non-hydrogen) atoms. The van der Waals surface area contributed by atoms with Gasteiger partial charge in [-0.2, -0.15) is 13.2 Å². The Kier molecular flexibility index (Phi) is 5.73. The fourth-order valence-electron chi connectivity index (χ4n) is 5.46. The molecule has 1 N–H and O–H groups in total. The molecule has 0 radical (unpaired) electrons. The largest absolute Gasteiger partial charge is 0.444 e. The Balaban J connectivity index is 1.46. The van der Waals surface area contributed by atoms with E-state index >= 15 is 0 Å². The van der Waals surface area contributed by atoms with E-state index in [0.717, 1.165) is 12.3 Å². The van der Waals surface area contributed by atoms with E-state index in [2.05, 4.69) is 15.3 Å². The van der Waals surface area contributed by atoms with Crippen LogP contribution in [0.15, 0.2) is 12.3 Å². The van der Waals surface area contributed by atoms with Crippen molar-refractivity contribution in [3.63, 3.8) is 0 Å². The molecule has 4 atom stereocenters. The molecule has 1 aromatic heterocycles. The molecular weight excluding hydrogens is 439 g/mol. The van der Waals surface area contributed by atoms with Gasteiger partial charge < -0.3 is 19.9 Å². The van der Waals surface area contributed by atoms with E-state index in [1.807, 2.05) is 11.8 Å². The van der Waals surface area contributed by atoms with E-state index in [0.29, 0.717) is 38.9 Å². The predicted octanol–water partition coefficient (Wildman–Crippen LogP) is 3.23. The predicted molar refractivity (Wildman–Crippen MR) is 113 cm³/mol. The third-order valence-corrected chi connectivity index (χ3v) is 7.04. The fraction of sp³-hybridized carbons (Fsp3) is 0.727. The van der Waals surface area contributed by atoms with Gasteiger partial charge in [0.25, 0.3) is 0 Å². The van der Waals surface area contributed by atoms with Gasteiger partial charge in [-0.3, -0.25) is 4.79 Å². The zero-order chi connectivity index (χ0) is 24.2. The summed E-state index contributed by atoms with van der Waals surface area (Å²) >= 11 is 0. The topological polar surface area (TPSA) is 87.7 Å². The number of nitrogens with one attached hydrogen (secondary N) is 1. The van der Waals surface area contributed by atoms with Gasteiger partial charge in [-0.25, -0.2) is 14.8 Å². The Morgan fingerprint density at radius 1 is 1.27 bits per heavy atom. The smallest absolute Gasteiger partial charge is 0.433 e. The number of rotatable bonds is 2. The monoisotopic (exact) mass is 469 g/mol. The minimum absolute atomic E-state index is 0.0240. The van der Waals surface area contributed by atoms with Crippen molar-refractivity contribution in [2.45, 2.75) is 70.8 Å². The average molecular weight is 470 g/mol. The van der Waals surface area contributed by atoms with E-state index in [1.54, 1.807) is 25.7 Å². The molecule has 0 bridgehead atoms. The molecule has 2 aliphatic heterocycles. The van der Waals surface area contributed by atoms with Gasteiger partial charge in [0.05, 0.1) is 11.5 Å². The van der Waals surface area contributed by atoms with E-state index in [9.17, 15) is 22.8 Å². The van der Waals surface area contributed by atoms with Gasteiger partial charge in [0.2, 0.25) is 11.9 Å². The summed E-state index contributed by atoms with van der Waals surface area (Å²) in [6.07, 6.45) is -2.06. The first-order chi connectivity index (χ1) is 15.3. The average Bonchev–Trinajstić information content (AvgIpc) is 3.22. The maximum absolute atomic E-state index is 13.4. The number of hydrogen-bond donors (Lipinski definition) is 1. The van der Waals surface area contributed by atoms with E-state index in [4.69, 9.17) is 4.74 Å². The lowest BCUT2D eigenvalue weighted by atomic mass is 9.74. The second kappa shape index (κ2) is 8.02. The number of piperazine rings is 1. The van der Waals surface area contributed by atoms with Crippen LogP contribution in [0.5, 0.6) is 0 Å². The molecule has 3 heterocycles. The van der Waals surface area contributed by atoms with Crippen LogP contribution in [0.3, 0.4) is 0 Å². The number of hydrogen-bond acceptors (Lipinski definition) is 6. The number of ether oxygens (including phenoxy) is 1. The third-order valence-electron chi connectivity index (χ3n) is 7.04. The van der Waals surface area contributed by atoms with Crippen LogP contribution in [0.2, 0.25) is 0 Å². The molecule has 1 aromatic rings. The molecule has 2 amide bonds. The number of carbonyl (C=O) groups excluding carboxylic acids is 2. The lowest BCUT2D eigenvalue weighted by molar-refractivity contribution is -0.141. The minimum Gasteiger partial charge on any atom is -0.444 e. The number of fused-ring (bicyclic) bond motifs is 1. The van der Waals surface area contributed by atoms with Gasteiger partial charge in [0.15, 0.2) is 0 Å². The summed E-state index contributed by atoms with van der Waals surface area (Å²) in [5.74, 6) is 0.0723. The molecule has 0 aromatic carbocycles. The van der Waals surface area contributed by atoms with E-state index < -0.39 is 29.0 Å². The third kappa shape index (κ3) is 4.46. The molecule has 2 saturated heterocycles. The second-order valence-electron chi connectivity index (χ2n) is 10.3. The van der Waals surface area contributed by atoms with Crippen molar-refractivity contribution in [2.24, 2.45) is 11.3 Å². The number of alkyl halides is 3. The molecule has 4 rings (SSSR count). The van der Waals surface area contributed by atoms with Gasteiger partial charge in [-0.15, -0.1) is 0 Å². The first-order valence-electron chi connectivity index (χ1n) is 11.3. The molecule has 1 spiro atoms. The summed E-state index contributed by atoms with van der Waals surface area (Å²) < 4.78 is 44.6. The lowest BCUT2D eigenvalue weighted by Crippen LogP contribution is -2.53. The van der Waals surface area contributed by atoms with Gasteiger partial charge in [0.1, 0.15) is 11.3 Å². The van der Waals surface area contributed by atoms with Crippen molar-refractivity contribution in [3.05, 3.63) is 18.0 Å². The molecule has 3 aliphatic rings. The summed E-state index contributed by atoms with van der Waals surface area (Å²) in [6, 6.07) is 0.549. The van der Waals surface area contributed by atoms with Crippen LogP contribution in [0.1, 0.15) is 52.7 Å². The molecule has 182 valence electrons. The highest BCUT2D eigenvalue weighted by Gasteiger charge is 2.60. The van der Waals surface area contributed by atoms with Gasteiger partial charge in [-0.05, 0) is 52.0 Å². The van der Waals surface area contributed by atoms with Crippen LogP contribution in [0, 0.1) is 11.3 Å². The summed E-state index contributed by atoms with van der Waals surface area (Å²) in [5, 5.41) is 2.90. The van der Waals surface area contributed by atoms with Crippen molar-refractivity contribution in [2.75, 3.05) is 24.5 Å². The number of alkyl carbamates (subject to hydrolysis) is 1. The minimum atomic E-state index is -4.54. The highest BCUT2D eigenvalue weighted by molar-refractivity contribution is 5.87. The molecule has 3 unspecified atom stereocenters. The molecule has 1 aliphatic carbocycles. The van der Waals surface area contributed by atoms with Crippen LogP contribution in [-0.4, -0.2) is 64.2 Å². The van der Waals surface area contributed by atoms with E-state index in [-0.39, 0.29) is 29.9 Å². The lowest BCUT2D eigenvalue weighted by Gasteiger charge is -2.39.